The van der Waals surface area contributed by atoms with Crippen molar-refractivity contribution in [1.82, 2.24) is 5.32 Å². The van der Waals surface area contributed by atoms with Gasteiger partial charge in [0.1, 0.15) is 5.82 Å². The molecule has 5 nitrogen and oxygen atoms in total. The lowest BCUT2D eigenvalue weighted by Crippen LogP contribution is -2.46. The second-order valence-electron chi connectivity index (χ2n) is 8.57. The lowest BCUT2D eigenvalue weighted by atomic mass is 9.81. The van der Waals surface area contributed by atoms with Gasteiger partial charge >= 0.3 is 0 Å². The van der Waals surface area contributed by atoms with E-state index in [-0.39, 0.29) is 17.5 Å². The molecule has 176 valence electrons. The maximum Gasteiger partial charge on any atom is 0.217 e. The minimum atomic E-state index is -0.884. The van der Waals surface area contributed by atoms with Crippen LogP contribution in [0.25, 0.3) is 5.57 Å². The number of fused-ring (bicyclic) bond motifs is 1. The number of methoxy groups -OCH3 is 2. The van der Waals surface area contributed by atoms with E-state index in [1.165, 1.54) is 33.3 Å². The average Bonchev–Trinajstić information content (AvgIpc) is 3.02. The highest BCUT2D eigenvalue weighted by Crippen LogP contribution is 2.49. The van der Waals surface area contributed by atoms with Crippen LogP contribution in [0.15, 0.2) is 66.2 Å². The topological polar surface area (TPSA) is 67.8 Å². The van der Waals surface area contributed by atoms with Crippen LogP contribution < -0.4 is 14.8 Å². The third-order valence-corrected chi connectivity index (χ3v) is 6.48. The lowest BCUT2D eigenvalue weighted by Gasteiger charge is -2.34. The molecule has 0 heterocycles. The summed E-state index contributed by atoms with van der Waals surface area (Å²) in [5, 5.41) is 13.5. The van der Waals surface area contributed by atoms with Crippen LogP contribution in [0.4, 0.5) is 4.39 Å². The van der Waals surface area contributed by atoms with Crippen LogP contribution in [0.3, 0.4) is 0 Å². The van der Waals surface area contributed by atoms with Crippen LogP contribution in [0, 0.1) is 5.82 Å². The minimum Gasteiger partial charge on any atom is -0.502 e. The van der Waals surface area contributed by atoms with Gasteiger partial charge in [0.05, 0.1) is 19.8 Å². The Bertz CT molecular complexity index is 1240. The molecule has 1 aliphatic rings. The number of rotatable bonds is 7. The van der Waals surface area contributed by atoms with Crippen LogP contribution in [-0.2, 0) is 23.2 Å². The molecule has 1 aliphatic carbocycles. The average molecular weight is 462 g/mol. The fourth-order valence-electron chi connectivity index (χ4n) is 4.91. The van der Waals surface area contributed by atoms with E-state index in [0.29, 0.717) is 24.3 Å². The van der Waals surface area contributed by atoms with Gasteiger partial charge in [-0.1, -0.05) is 36.4 Å². The first-order valence-electron chi connectivity index (χ1n) is 11.1. The third kappa shape index (κ3) is 4.12. The number of phenolic OH excluding ortho intramolecular Hbond substituents is 1. The molecule has 1 unspecified atom stereocenters. The second kappa shape index (κ2) is 9.21. The molecule has 0 aliphatic heterocycles. The van der Waals surface area contributed by atoms with Crippen molar-refractivity contribution in [3.63, 3.8) is 0 Å². The van der Waals surface area contributed by atoms with E-state index in [1.54, 1.807) is 18.2 Å². The highest BCUT2D eigenvalue weighted by molar-refractivity contribution is 5.85. The summed E-state index contributed by atoms with van der Waals surface area (Å²) in [6, 6.07) is 18.1. The molecule has 2 N–H and O–H groups in total. The van der Waals surface area contributed by atoms with Gasteiger partial charge in [-0.15, -0.1) is 0 Å². The molecule has 0 fully saturated rings. The Labute approximate surface area is 198 Å². The number of phenols is 1. The van der Waals surface area contributed by atoms with E-state index >= 15 is 0 Å². The van der Waals surface area contributed by atoms with Crippen LogP contribution in [0.5, 0.6) is 17.2 Å². The number of halogens is 1. The van der Waals surface area contributed by atoms with E-state index < -0.39 is 5.54 Å². The smallest absolute Gasteiger partial charge is 0.217 e. The molecule has 0 bridgehead atoms. The van der Waals surface area contributed by atoms with E-state index in [2.05, 4.69) is 5.32 Å². The van der Waals surface area contributed by atoms with Gasteiger partial charge in [0, 0.05) is 13.3 Å². The predicted octanol–water partition coefficient (Wildman–Crippen LogP) is 5.15. The second-order valence-corrected chi connectivity index (χ2v) is 8.57. The van der Waals surface area contributed by atoms with Gasteiger partial charge in [-0.25, -0.2) is 4.39 Å². The molecule has 0 spiro atoms. The van der Waals surface area contributed by atoms with Gasteiger partial charge in [0.25, 0.3) is 0 Å². The molecular weight excluding hydrogens is 433 g/mol. The summed E-state index contributed by atoms with van der Waals surface area (Å²) in [6.07, 6.45) is 0.967. The quantitative estimate of drug-likeness (QED) is 0.511. The minimum absolute atomic E-state index is 0.0648. The summed E-state index contributed by atoms with van der Waals surface area (Å²) in [4.78, 5) is 12.4. The monoisotopic (exact) mass is 461 g/mol. The number of aromatic hydroxyl groups is 1. The van der Waals surface area contributed by atoms with Crippen LogP contribution in [0.2, 0.25) is 0 Å². The van der Waals surface area contributed by atoms with Crippen molar-refractivity contribution in [2.45, 2.75) is 32.2 Å². The molecule has 6 heteroatoms. The number of benzene rings is 3. The molecule has 3 aromatic carbocycles. The first-order chi connectivity index (χ1) is 16.3. The highest BCUT2D eigenvalue weighted by Gasteiger charge is 2.44. The summed E-state index contributed by atoms with van der Waals surface area (Å²) in [5.74, 6) is -0.00188. The Morgan fingerprint density at radius 2 is 1.65 bits per heavy atom. The van der Waals surface area contributed by atoms with Gasteiger partial charge in [-0.05, 0) is 71.0 Å². The highest BCUT2D eigenvalue weighted by atomic mass is 19.1. The molecule has 0 saturated heterocycles. The zero-order valence-electron chi connectivity index (χ0n) is 19.7. The zero-order valence-corrected chi connectivity index (χ0v) is 19.7. The van der Waals surface area contributed by atoms with Crippen molar-refractivity contribution in [3.8, 4) is 17.2 Å². The van der Waals surface area contributed by atoms with Gasteiger partial charge in [0.2, 0.25) is 11.7 Å². The Balaban J connectivity index is 1.89. The number of allylic oxidation sites excluding steroid dienone is 1. The van der Waals surface area contributed by atoms with Crippen molar-refractivity contribution in [2.75, 3.05) is 14.2 Å². The van der Waals surface area contributed by atoms with E-state index in [1.807, 2.05) is 37.3 Å². The SMILES string of the molecule is COc1cc(CC2=C(C)C(Cc3ccccc3)(NC(C)=O)c3cc(F)ccc32)cc(OC)c1O. The maximum absolute atomic E-state index is 14.5. The van der Waals surface area contributed by atoms with Crippen molar-refractivity contribution in [3.05, 3.63) is 94.3 Å². The van der Waals surface area contributed by atoms with E-state index in [0.717, 1.165) is 33.4 Å². The van der Waals surface area contributed by atoms with Gasteiger partial charge in [0.15, 0.2) is 11.5 Å². The molecule has 4 rings (SSSR count). The summed E-state index contributed by atoms with van der Waals surface area (Å²) in [5.41, 5.74) is 4.54. The molecule has 0 aromatic heterocycles. The fraction of sp³-hybridized carbons (Fsp3) is 0.250. The van der Waals surface area contributed by atoms with Crippen molar-refractivity contribution in [1.29, 1.82) is 0 Å². The van der Waals surface area contributed by atoms with Gasteiger partial charge < -0.3 is 19.9 Å². The van der Waals surface area contributed by atoms with Crippen LogP contribution >= 0.6 is 0 Å². The summed E-state index contributed by atoms with van der Waals surface area (Å²) >= 11 is 0. The molecule has 1 atom stereocenters. The number of nitrogens with one attached hydrogen (secondary N) is 1. The number of carbonyl (C=O) groups is 1. The number of hydrogen-bond acceptors (Lipinski definition) is 4. The van der Waals surface area contributed by atoms with Crippen LogP contribution in [-0.4, -0.2) is 25.2 Å². The molecule has 0 radical (unpaired) electrons. The summed E-state index contributed by atoms with van der Waals surface area (Å²) < 4.78 is 25.2. The van der Waals surface area contributed by atoms with Crippen molar-refractivity contribution < 1.29 is 23.8 Å². The predicted molar refractivity (Wildman–Crippen MR) is 130 cm³/mol. The molecular formula is C28H28FNO4. The van der Waals surface area contributed by atoms with Crippen molar-refractivity contribution in [2.24, 2.45) is 0 Å². The van der Waals surface area contributed by atoms with E-state index in [4.69, 9.17) is 9.47 Å². The van der Waals surface area contributed by atoms with Crippen molar-refractivity contribution >= 4 is 11.5 Å². The number of ether oxygens (including phenoxy) is 2. The first kappa shape index (κ1) is 23.4. The Morgan fingerprint density at radius 1 is 1.00 bits per heavy atom. The molecule has 3 aromatic rings. The Morgan fingerprint density at radius 3 is 2.24 bits per heavy atom. The normalized spacial score (nSPS) is 16.9. The first-order valence-corrected chi connectivity index (χ1v) is 11.1. The standard InChI is InChI=1S/C28H28FNO4/c1-17-23(12-20-13-25(33-3)27(32)26(14-20)34-4)22-11-10-21(29)15-24(22)28(17,30-18(2)31)16-19-8-6-5-7-9-19/h5-11,13-15,32H,12,16H2,1-4H3,(H,30,31). The van der Waals surface area contributed by atoms with Gasteiger partial charge in [-0.2, -0.15) is 0 Å². The summed E-state index contributed by atoms with van der Waals surface area (Å²) in [7, 11) is 2.97. The lowest BCUT2D eigenvalue weighted by molar-refractivity contribution is -0.120. The molecule has 34 heavy (non-hydrogen) atoms. The largest absolute Gasteiger partial charge is 0.502 e. The number of hydrogen-bond donors (Lipinski definition) is 2. The van der Waals surface area contributed by atoms with Gasteiger partial charge in [-0.3, -0.25) is 4.79 Å². The molecule has 1 amide bonds. The number of amides is 1. The van der Waals surface area contributed by atoms with E-state index in [9.17, 15) is 14.3 Å². The Hall–Kier alpha value is -3.80. The van der Waals surface area contributed by atoms with Crippen LogP contribution in [0.1, 0.15) is 36.1 Å². The third-order valence-electron chi connectivity index (χ3n) is 6.48. The maximum atomic E-state index is 14.5. The Kier molecular flexibility index (Phi) is 6.33. The fourth-order valence-corrected chi connectivity index (χ4v) is 4.91. The summed E-state index contributed by atoms with van der Waals surface area (Å²) in [6.45, 7) is 3.47. The number of carbonyl (C=O) groups excluding carboxylic acids is 1. The zero-order chi connectivity index (χ0) is 24.5. The molecule has 0 saturated carbocycles.